The molecule has 2 atom stereocenters. The van der Waals surface area contributed by atoms with E-state index in [1.807, 2.05) is 44.2 Å². The predicted octanol–water partition coefficient (Wildman–Crippen LogP) is 2.61. The smallest absolute Gasteiger partial charge is 0.408 e. The number of amides is 2. The quantitative estimate of drug-likeness (QED) is 0.813. The molecule has 2 rings (SSSR count). The van der Waals surface area contributed by atoms with Gasteiger partial charge in [0.05, 0.1) is 0 Å². The first-order valence-corrected chi connectivity index (χ1v) is 7.87. The number of carbonyl (C=O) groups is 2. The molecule has 2 N–H and O–H groups in total. The van der Waals surface area contributed by atoms with Crippen molar-refractivity contribution in [2.75, 3.05) is 0 Å². The van der Waals surface area contributed by atoms with E-state index in [0.29, 0.717) is 0 Å². The first kappa shape index (κ1) is 16.3. The Kier molecular flexibility index (Phi) is 5.81. The molecule has 0 radical (unpaired) electrons. The lowest BCUT2D eigenvalue weighted by atomic mass is 9.98. The molecule has 1 aromatic rings. The number of ether oxygens (including phenoxy) is 1. The summed E-state index contributed by atoms with van der Waals surface area (Å²) in [5, 5.41) is 5.64. The van der Waals surface area contributed by atoms with Crippen LogP contribution >= 0.6 is 0 Å². The van der Waals surface area contributed by atoms with Crippen molar-refractivity contribution in [1.29, 1.82) is 0 Å². The highest BCUT2D eigenvalue weighted by Crippen LogP contribution is 2.19. The normalized spacial score (nSPS) is 16.5. The highest BCUT2D eigenvalue weighted by molar-refractivity contribution is 5.86. The number of hydrogen-bond acceptors (Lipinski definition) is 3. The van der Waals surface area contributed by atoms with E-state index < -0.39 is 12.1 Å². The van der Waals surface area contributed by atoms with Gasteiger partial charge in [-0.05, 0) is 24.3 Å². The van der Waals surface area contributed by atoms with Crippen LogP contribution < -0.4 is 10.6 Å². The average molecular weight is 304 g/mol. The summed E-state index contributed by atoms with van der Waals surface area (Å²) < 4.78 is 5.19. The summed E-state index contributed by atoms with van der Waals surface area (Å²) >= 11 is 0. The molecule has 0 saturated heterocycles. The maximum atomic E-state index is 12.2. The van der Waals surface area contributed by atoms with Crippen LogP contribution in [0.2, 0.25) is 0 Å². The molecule has 120 valence electrons. The zero-order valence-corrected chi connectivity index (χ0v) is 13.2. The molecule has 1 aromatic carbocycles. The van der Waals surface area contributed by atoms with Crippen LogP contribution in [0.1, 0.15) is 38.7 Å². The molecule has 0 unspecified atom stereocenters. The second kappa shape index (κ2) is 7.82. The van der Waals surface area contributed by atoms with Gasteiger partial charge in [0.1, 0.15) is 12.6 Å². The molecule has 0 bridgehead atoms. The summed E-state index contributed by atoms with van der Waals surface area (Å²) in [5.41, 5.74) is 0.917. The van der Waals surface area contributed by atoms with Gasteiger partial charge in [-0.25, -0.2) is 4.79 Å². The van der Waals surface area contributed by atoms with Crippen LogP contribution in [0.4, 0.5) is 4.79 Å². The Morgan fingerprint density at radius 3 is 2.55 bits per heavy atom. The van der Waals surface area contributed by atoms with Crippen molar-refractivity contribution in [3.8, 4) is 0 Å². The van der Waals surface area contributed by atoms with Crippen molar-refractivity contribution in [2.24, 2.45) is 5.92 Å². The molecular formula is C17H24N2O3. The van der Waals surface area contributed by atoms with Crippen LogP contribution in [0.3, 0.4) is 0 Å². The van der Waals surface area contributed by atoms with Crippen molar-refractivity contribution in [2.45, 2.75) is 51.8 Å². The topological polar surface area (TPSA) is 67.4 Å². The highest BCUT2D eigenvalue weighted by Gasteiger charge is 2.31. The van der Waals surface area contributed by atoms with Crippen molar-refractivity contribution < 1.29 is 14.3 Å². The van der Waals surface area contributed by atoms with E-state index in [4.69, 9.17) is 4.74 Å². The third-order valence-corrected chi connectivity index (χ3v) is 3.91. The van der Waals surface area contributed by atoms with Gasteiger partial charge in [-0.3, -0.25) is 4.79 Å². The minimum atomic E-state index is -0.555. The molecule has 0 aliphatic heterocycles. The fourth-order valence-electron chi connectivity index (χ4n) is 2.11. The van der Waals surface area contributed by atoms with Gasteiger partial charge in [0.25, 0.3) is 0 Å². The molecule has 1 fully saturated rings. The van der Waals surface area contributed by atoms with Crippen molar-refractivity contribution >= 4 is 12.0 Å². The molecule has 5 heteroatoms. The van der Waals surface area contributed by atoms with E-state index >= 15 is 0 Å². The van der Waals surface area contributed by atoms with E-state index in [-0.39, 0.29) is 24.5 Å². The first-order chi connectivity index (χ1) is 10.6. The van der Waals surface area contributed by atoms with Gasteiger partial charge < -0.3 is 15.4 Å². The van der Waals surface area contributed by atoms with E-state index in [0.717, 1.165) is 24.8 Å². The lowest BCUT2D eigenvalue weighted by Gasteiger charge is -2.23. The van der Waals surface area contributed by atoms with E-state index in [1.54, 1.807) is 0 Å². The summed E-state index contributed by atoms with van der Waals surface area (Å²) in [6.45, 7) is 4.15. The van der Waals surface area contributed by atoms with E-state index in [9.17, 15) is 9.59 Å². The van der Waals surface area contributed by atoms with Crippen LogP contribution in [0, 0.1) is 5.92 Å². The number of hydrogen-bond donors (Lipinski definition) is 2. The molecule has 0 spiro atoms. The Balaban J connectivity index is 1.85. The molecule has 2 amide bonds. The van der Waals surface area contributed by atoms with Crippen molar-refractivity contribution in [3.05, 3.63) is 35.9 Å². The van der Waals surface area contributed by atoms with Gasteiger partial charge in [-0.1, -0.05) is 50.6 Å². The highest BCUT2D eigenvalue weighted by atomic mass is 16.5. The Bertz CT molecular complexity index is 500. The van der Waals surface area contributed by atoms with Gasteiger partial charge in [0.2, 0.25) is 5.91 Å². The van der Waals surface area contributed by atoms with Gasteiger partial charge in [-0.2, -0.15) is 0 Å². The van der Waals surface area contributed by atoms with E-state index in [2.05, 4.69) is 10.6 Å². The summed E-state index contributed by atoms with van der Waals surface area (Å²) in [4.78, 5) is 24.2. The number of nitrogens with one attached hydrogen (secondary N) is 2. The molecule has 22 heavy (non-hydrogen) atoms. The number of carbonyl (C=O) groups excluding carboxylic acids is 2. The van der Waals surface area contributed by atoms with Gasteiger partial charge in [-0.15, -0.1) is 0 Å². The SMILES string of the molecule is CC[C@@H](C)[C@H](NC(=O)OCc1ccccc1)C(=O)NC1CC1. The summed E-state index contributed by atoms with van der Waals surface area (Å²) in [6, 6.07) is 9.20. The number of alkyl carbamates (subject to hydrolysis) is 1. The molecule has 0 aromatic heterocycles. The largest absolute Gasteiger partial charge is 0.445 e. The fourth-order valence-corrected chi connectivity index (χ4v) is 2.11. The van der Waals surface area contributed by atoms with Crippen molar-refractivity contribution in [1.82, 2.24) is 10.6 Å². The first-order valence-electron chi connectivity index (χ1n) is 7.87. The molecular weight excluding hydrogens is 280 g/mol. The maximum absolute atomic E-state index is 12.2. The summed E-state index contributed by atoms with van der Waals surface area (Å²) in [7, 11) is 0. The lowest BCUT2D eigenvalue weighted by molar-refractivity contribution is -0.124. The monoisotopic (exact) mass is 304 g/mol. The van der Waals surface area contributed by atoms with E-state index in [1.165, 1.54) is 0 Å². The second-order valence-electron chi connectivity index (χ2n) is 5.85. The zero-order valence-electron chi connectivity index (χ0n) is 13.2. The van der Waals surface area contributed by atoms with Crippen LogP contribution in [-0.4, -0.2) is 24.1 Å². The third-order valence-electron chi connectivity index (χ3n) is 3.91. The van der Waals surface area contributed by atoms with Crippen LogP contribution in [0.15, 0.2) is 30.3 Å². The zero-order chi connectivity index (χ0) is 15.9. The molecule has 1 saturated carbocycles. The molecule has 0 heterocycles. The van der Waals surface area contributed by atoms with Crippen molar-refractivity contribution in [3.63, 3.8) is 0 Å². The third kappa shape index (κ3) is 5.06. The molecule has 5 nitrogen and oxygen atoms in total. The Morgan fingerprint density at radius 2 is 1.95 bits per heavy atom. The van der Waals surface area contributed by atoms with Gasteiger partial charge in [0.15, 0.2) is 0 Å². The summed E-state index contributed by atoms with van der Waals surface area (Å²) in [5.74, 6) is -0.0588. The maximum Gasteiger partial charge on any atom is 0.408 e. The van der Waals surface area contributed by atoms with Gasteiger partial charge >= 0.3 is 6.09 Å². The number of rotatable bonds is 7. The Labute approximate surface area is 131 Å². The standard InChI is InChI=1S/C17H24N2O3/c1-3-12(2)15(16(20)18-14-9-10-14)19-17(21)22-11-13-7-5-4-6-8-13/h4-8,12,14-15H,3,9-11H2,1-2H3,(H,18,20)(H,19,21)/t12-,15+/m1/s1. The number of benzene rings is 1. The van der Waals surface area contributed by atoms with Crippen LogP contribution in [-0.2, 0) is 16.1 Å². The Hall–Kier alpha value is -2.04. The Morgan fingerprint density at radius 1 is 1.27 bits per heavy atom. The summed E-state index contributed by atoms with van der Waals surface area (Å²) in [6.07, 6.45) is 2.30. The minimum Gasteiger partial charge on any atom is -0.445 e. The molecule has 1 aliphatic carbocycles. The fraction of sp³-hybridized carbons (Fsp3) is 0.529. The molecule has 1 aliphatic rings. The average Bonchev–Trinajstić information content (AvgIpc) is 3.34. The predicted molar refractivity (Wildman–Crippen MR) is 84.2 cm³/mol. The minimum absolute atomic E-state index is 0.0584. The lowest BCUT2D eigenvalue weighted by Crippen LogP contribution is -2.50. The van der Waals surface area contributed by atoms with Crippen LogP contribution in [0.25, 0.3) is 0 Å². The second-order valence-corrected chi connectivity index (χ2v) is 5.85. The van der Waals surface area contributed by atoms with Gasteiger partial charge in [0, 0.05) is 6.04 Å². The van der Waals surface area contributed by atoms with Crippen LogP contribution in [0.5, 0.6) is 0 Å².